The van der Waals surface area contributed by atoms with Crippen LogP contribution in [-0.4, -0.2) is 30.4 Å². The normalized spacial score (nSPS) is 10.5. The van der Waals surface area contributed by atoms with Gasteiger partial charge in [-0.25, -0.2) is 15.0 Å². The molecule has 138 valence electrons. The molecule has 0 aliphatic rings. The van der Waals surface area contributed by atoms with Crippen LogP contribution in [0.4, 0.5) is 5.69 Å². The summed E-state index contributed by atoms with van der Waals surface area (Å²) in [5, 5.41) is 2.81. The highest BCUT2D eigenvalue weighted by atomic mass is 79.9. The third-order valence-electron chi connectivity index (χ3n) is 3.70. The summed E-state index contributed by atoms with van der Waals surface area (Å²) in [6, 6.07) is 10.4. The van der Waals surface area contributed by atoms with Gasteiger partial charge in [-0.1, -0.05) is 0 Å². The van der Waals surface area contributed by atoms with E-state index in [1.54, 1.807) is 65.9 Å². The van der Waals surface area contributed by atoms with Crippen molar-refractivity contribution < 1.29 is 9.53 Å². The lowest BCUT2D eigenvalue weighted by atomic mass is 10.2. The average Bonchev–Trinajstić information content (AvgIpc) is 3.25. The molecule has 1 amide bonds. The van der Waals surface area contributed by atoms with Gasteiger partial charge in [-0.3, -0.25) is 14.3 Å². The Morgan fingerprint density at radius 1 is 1.07 bits per heavy atom. The van der Waals surface area contributed by atoms with E-state index in [0.717, 1.165) is 4.47 Å². The van der Waals surface area contributed by atoms with Crippen molar-refractivity contribution in [3.8, 4) is 17.4 Å². The second-order valence-electron chi connectivity index (χ2n) is 5.66. The summed E-state index contributed by atoms with van der Waals surface area (Å²) in [5.41, 5.74) is 1.10. The second-order valence-corrected chi connectivity index (χ2v) is 6.57. The average molecular weight is 437 g/mol. The second kappa shape index (κ2) is 7.97. The number of carbonyl (C=O) groups is 1. The Kier molecular flexibility index (Phi) is 5.07. The molecule has 0 fully saturated rings. The minimum atomic E-state index is -0.247. The van der Waals surface area contributed by atoms with Crippen LogP contribution in [0.2, 0.25) is 0 Å². The van der Waals surface area contributed by atoms with Crippen LogP contribution in [0.25, 0.3) is 5.82 Å². The van der Waals surface area contributed by atoms with E-state index in [1.807, 2.05) is 0 Å². The first kappa shape index (κ1) is 17.8. The summed E-state index contributed by atoms with van der Waals surface area (Å²) < 4.78 is 8.26. The van der Waals surface area contributed by atoms with Crippen molar-refractivity contribution in [1.82, 2.24) is 24.5 Å². The maximum absolute atomic E-state index is 12.3. The molecule has 8 nitrogen and oxygen atoms in total. The molecule has 0 aliphatic heterocycles. The van der Waals surface area contributed by atoms with Crippen molar-refractivity contribution in [2.75, 3.05) is 5.32 Å². The molecule has 0 saturated carbocycles. The van der Waals surface area contributed by atoms with E-state index in [9.17, 15) is 4.79 Å². The lowest BCUT2D eigenvalue weighted by molar-refractivity contribution is 0.102. The smallest absolute Gasteiger partial charge is 0.257 e. The number of ether oxygens (including phenoxy) is 1. The molecule has 0 spiro atoms. The highest BCUT2D eigenvalue weighted by Gasteiger charge is 2.08. The molecule has 0 unspecified atom stereocenters. The van der Waals surface area contributed by atoms with Gasteiger partial charge < -0.3 is 10.1 Å². The van der Waals surface area contributed by atoms with Crippen LogP contribution in [0, 0.1) is 0 Å². The fourth-order valence-corrected chi connectivity index (χ4v) is 2.75. The zero-order valence-electron chi connectivity index (χ0n) is 14.4. The van der Waals surface area contributed by atoms with E-state index >= 15 is 0 Å². The zero-order chi connectivity index (χ0) is 19.3. The molecule has 28 heavy (non-hydrogen) atoms. The molecule has 0 saturated heterocycles. The Bertz CT molecular complexity index is 1100. The van der Waals surface area contributed by atoms with Crippen LogP contribution in [0.3, 0.4) is 0 Å². The zero-order valence-corrected chi connectivity index (χ0v) is 15.9. The van der Waals surface area contributed by atoms with Crippen molar-refractivity contribution in [2.45, 2.75) is 0 Å². The molecule has 0 atom stereocenters. The fraction of sp³-hybridized carbons (Fsp3) is 0. The van der Waals surface area contributed by atoms with Gasteiger partial charge in [0.1, 0.15) is 24.2 Å². The van der Waals surface area contributed by atoms with Gasteiger partial charge in [0.05, 0.1) is 5.56 Å². The number of rotatable bonds is 5. The van der Waals surface area contributed by atoms with E-state index in [-0.39, 0.29) is 5.91 Å². The molecular formula is C19H13BrN6O2. The summed E-state index contributed by atoms with van der Waals surface area (Å²) in [6.07, 6.45) is 9.64. The van der Waals surface area contributed by atoms with Gasteiger partial charge in [-0.2, -0.15) is 0 Å². The number of hydrogen-bond donors (Lipinski definition) is 1. The summed E-state index contributed by atoms with van der Waals surface area (Å²) in [5.74, 6) is 1.38. The third kappa shape index (κ3) is 4.21. The van der Waals surface area contributed by atoms with E-state index in [2.05, 4.69) is 41.2 Å². The number of halogens is 1. The molecule has 4 rings (SSSR count). The quantitative estimate of drug-likeness (QED) is 0.510. The summed E-state index contributed by atoms with van der Waals surface area (Å²) in [7, 11) is 0. The molecule has 0 bridgehead atoms. The van der Waals surface area contributed by atoms with Gasteiger partial charge >= 0.3 is 0 Å². The number of imidazole rings is 1. The number of carbonyl (C=O) groups excluding carboxylic acids is 1. The Labute approximate surface area is 168 Å². The van der Waals surface area contributed by atoms with E-state index in [0.29, 0.717) is 28.7 Å². The van der Waals surface area contributed by atoms with Crippen LogP contribution < -0.4 is 10.1 Å². The van der Waals surface area contributed by atoms with Gasteiger partial charge in [0.2, 0.25) is 5.88 Å². The number of nitrogens with one attached hydrogen (secondary N) is 1. The van der Waals surface area contributed by atoms with Crippen molar-refractivity contribution in [3.05, 3.63) is 83.9 Å². The molecule has 3 aromatic heterocycles. The van der Waals surface area contributed by atoms with Crippen molar-refractivity contribution in [3.63, 3.8) is 0 Å². The number of nitrogens with zero attached hydrogens (tertiary/aromatic N) is 5. The van der Waals surface area contributed by atoms with Crippen molar-refractivity contribution in [2.24, 2.45) is 0 Å². The molecule has 0 aliphatic carbocycles. The van der Waals surface area contributed by atoms with Gasteiger partial charge in [-0.05, 0) is 46.3 Å². The lowest BCUT2D eigenvalue weighted by Gasteiger charge is -2.08. The summed E-state index contributed by atoms with van der Waals surface area (Å²) in [6.45, 7) is 0. The van der Waals surface area contributed by atoms with Crippen LogP contribution in [0.5, 0.6) is 11.6 Å². The van der Waals surface area contributed by atoms with E-state index in [4.69, 9.17) is 4.74 Å². The Hall–Kier alpha value is -3.59. The number of amides is 1. The first-order valence-electron chi connectivity index (χ1n) is 8.17. The first-order valence-corrected chi connectivity index (χ1v) is 8.97. The molecule has 4 aromatic rings. The minimum absolute atomic E-state index is 0.247. The van der Waals surface area contributed by atoms with Crippen LogP contribution in [0.15, 0.2) is 78.3 Å². The predicted molar refractivity (Wildman–Crippen MR) is 106 cm³/mol. The highest BCUT2D eigenvalue weighted by molar-refractivity contribution is 9.10. The Balaban J connectivity index is 1.44. The Morgan fingerprint density at radius 2 is 1.93 bits per heavy atom. The van der Waals surface area contributed by atoms with Gasteiger partial charge in [0, 0.05) is 41.0 Å². The van der Waals surface area contributed by atoms with Crippen molar-refractivity contribution in [1.29, 1.82) is 0 Å². The minimum Gasteiger partial charge on any atom is -0.439 e. The fourth-order valence-electron chi connectivity index (χ4n) is 2.39. The Morgan fingerprint density at radius 3 is 2.68 bits per heavy atom. The maximum Gasteiger partial charge on any atom is 0.257 e. The van der Waals surface area contributed by atoms with Crippen LogP contribution in [0.1, 0.15) is 10.4 Å². The molecule has 3 heterocycles. The summed E-state index contributed by atoms with van der Waals surface area (Å²) in [4.78, 5) is 28.5. The lowest BCUT2D eigenvalue weighted by Crippen LogP contribution is -2.12. The van der Waals surface area contributed by atoms with E-state index < -0.39 is 0 Å². The number of aromatic nitrogens is 5. The van der Waals surface area contributed by atoms with Gasteiger partial charge in [-0.15, -0.1) is 0 Å². The van der Waals surface area contributed by atoms with Gasteiger partial charge in [0.25, 0.3) is 5.91 Å². The predicted octanol–water partition coefficient (Wildman–Crippen LogP) is 3.86. The summed E-state index contributed by atoms with van der Waals surface area (Å²) >= 11 is 3.30. The SMILES string of the molecule is O=C(Nc1ccc(Oc2cc(-n3ccnc3)ncn2)cc1)c1cncc(Br)c1. The van der Waals surface area contributed by atoms with Crippen LogP contribution in [-0.2, 0) is 0 Å². The monoisotopic (exact) mass is 436 g/mol. The standard InChI is InChI=1S/C19H13BrN6O2/c20-14-7-13(9-22-10-14)19(27)25-15-1-3-16(4-2-15)28-18-8-17(23-11-24-18)26-6-5-21-12-26/h1-12H,(H,25,27). The topological polar surface area (TPSA) is 94.8 Å². The largest absolute Gasteiger partial charge is 0.439 e. The number of benzene rings is 1. The van der Waals surface area contributed by atoms with Gasteiger partial charge in [0.15, 0.2) is 0 Å². The van der Waals surface area contributed by atoms with Crippen LogP contribution >= 0.6 is 15.9 Å². The molecular weight excluding hydrogens is 424 g/mol. The highest BCUT2D eigenvalue weighted by Crippen LogP contribution is 2.22. The van der Waals surface area contributed by atoms with E-state index in [1.165, 1.54) is 12.5 Å². The molecule has 0 radical (unpaired) electrons. The third-order valence-corrected chi connectivity index (χ3v) is 4.13. The van der Waals surface area contributed by atoms with Crippen molar-refractivity contribution >= 4 is 27.5 Å². The number of anilines is 1. The molecule has 1 aromatic carbocycles. The number of hydrogen-bond acceptors (Lipinski definition) is 6. The maximum atomic E-state index is 12.3. The molecule has 1 N–H and O–H groups in total. The number of pyridine rings is 1. The molecule has 9 heteroatoms. The first-order chi connectivity index (χ1) is 13.7.